The highest BCUT2D eigenvalue weighted by atomic mass is 35.5. The Morgan fingerprint density at radius 3 is 2.74 bits per heavy atom. The fourth-order valence-electron chi connectivity index (χ4n) is 3.58. The number of amides is 2. The Morgan fingerprint density at radius 2 is 2.03 bits per heavy atom. The van der Waals surface area contributed by atoms with Crippen molar-refractivity contribution in [1.29, 1.82) is 0 Å². The highest BCUT2D eigenvalue weighted by molar-refractivity contribution is 7.14. The maximum Gasteiger partial charge on any atom is 0.411 e. The number of hydrogen-bond donors (Lipinski definition) is 3. The van der Waals surface area contributed by atoms with Gasteiger partial charge >= 0.3 is 6.09 Å². The van der Waals surface area contributed by atoms with Crippen LogP contribution in [-0.2, 0) is 12.8 Å². The largest absolute Gasteiger partial charge is 0.411 e. The van der Waals surface area contributed by atoms with Gasteiger partial charge in [-0.05, 0) is 43.0 Å². The minimum absolute atomic E-state index is 0.0680. The Labute approximate surface area is 187 Å². The number of ether oxygens (including phenoxy) is 1. The third-order valence-electron chi connectivity index (χ3n) is 4.99. The monoisotopic (exact) mass is 458 g/mol. The Morgan fingerprint density at radius 1 is 1.26 bits per heavy atom. The molecule has 2 aromatic heterocycles. The first-order valence-electron chi connectivity index (χ1n) is 9.57. The zero-order chi connectivity index (χ0) is 22.0. The molecule has 8 nitrogen and oxygen atoms in total. The molecule has 1 aliphatic rings. The second kappa shape index (κ2) is 9.01. The molecule has 1 aromatic carbocycles. The predicted molar refractivity (Wildman–Crippen MR) is 116 cm³/mol. The van der Waals surface area contributed by atoms with Gasteiger partial charge in [-0.2, -0.15) is 0 Å². The number of aromatic nitrogens is 2. The van der Waals surface area contributed by atoms with E-state index in [1.165, 1.54) is 17.7 Å². The van der Waals surface area contributed by atoms with E-state index >= 15 is 0 Å². The second-order valence-corrected chi connectivity index (χ2v) is 8.54. The fourth-order valence-corrected chi connectivity index (χ4v) is 4.77. The predicted octanol–water partition coefficient (Wildman–Crippen LogP) is 3.27. The van der Waals surface area contributed by atoms with Crippen LogP contribution in [-0.4, -0.2) is 33.7 Å². The van der Waals surface area contributed by atoms with E-state index in [4.69, 9.17) is 22.1 Å². The zero-order valence-corrected chi connectivity index (χ0v) is 17.9. The Kier molecular flexibility index (Phi) is 6.17. The summed E-state index contributed by atoms with van der Waals surface area (Å²) in [5.41, 5.74) is 8.13. The van der Waals surface area contributed by atoms with Gasteiger partial charge < -0.3 is 20.9 Å². The molecule has 10 heteroatoms. The van der Waals surface area contributed by atoms with Crippen molar-refractivity contribution in [2.24, 2.45) is 5.73 Å². The summed E-state index contributed by atoms with van der Waals surface area (Å²) in [4.78, 5) is 34.0. The van der Waals surface area contributed by atoms with Crippen LogP contribution in [0.15, 0.2) is 36.7 Å². The van der Waals surface area contributed by atoms with Crippen molar-refractivity contribution in [2.45, 2.75) is 25.3 Å². The van der Waals surface area contributed by atoms with Gasteiger partial charge in [-0.1, -0.05) is 23.7 Å². The average Bonchev–Trinajstić information content (AvgIpc) is 3.19. The van der Waals surface area contributed by atoms with Crippen LogP contribution in [0.25, 0.3) is 11.3 Å². The molecule has 0 spiro atoms. The van der Waals surface area contributed by atoms with Gasteiger partial charge in [-0.15, -0.1) is 11.3 Å². The summed E-state index contributed by atoms with van der Waals surface area (Å²) in [6.45, 7) is -0.0680. The van der Waals surface area contributed by atoms with E-state index in [-0.39, 0.29) is 24.4 Å². The molecular weight excluding hydrogens is 440 g/mol. The quantitative estimate of drug-likeness (QED) is 0.520. The lowest BCUT2D eigenvalue weighted by Gasteiger charge is -2.18. The van der Waals surface area contributed by atoms with Crippen LogP contribution >= 0.6 is 22.9 Å². The Balaban J connectivity index is 1.60. The molecule has 1 atom stereocenters. The van der Waals surface area contributed by atoms with E-state index in [2.05, 4.69) is 15.3 Å². The summed E-state index contributed by atoms with van der Waals surface area (Å²) >= 11 is 7.35. The van der Waals surface area contributed by atoms with Gasteiger partial charge in [0.2, 0.25) is 5.88 Å². The molecule has 160 valence electrons. The van der Waals surface area contributed by atoms with Crippen LogP contribution in [0.4, 0.5) is 4.79 Å². The molecule has 4 N–H and O–H groups in total. The van der Waals surface area contributed by atoms with Gasteiger partial charge in [-0.25, -0.2) is 14.8 Å². The van der Waals surface area contributed by atoms with Crippen LogP contribution in [0.5, 0.6) is 5.88 Å². The van der Waals surface area contributed by atoms with E-state index in [0.29, 0.717) is 40.4 Å². The van der Waals surface area contributed by atoms with E-state index < -0.39 is 6.09 Å². The molecule has 0 saturated heterocycles. The second-order valence-electron chi connectivity index (χ2n) is 6.96. The molecule has 0 unspecified atom stereocenters. The van der Waals surface area contributed by atoms with Crippen molar-refractivity contribution in [3.05, 3.63) is 62.6 Å². The highest BCUT2D eigenvalue weighted by Crippen LogP contribution is 2.40. The van der Waals surface area contributed by atoms with Crippen LogP contribution in [0.2, 0.25) is 5.02 Å². The average molecular weight is 459 g/mol. The first kappa shape index (κ1) is 21.2. The first-order valence-corrected chi connectivity index (χ1v) is 10.8. The van der Waals surface area contributed by atoms with E-state index in [1.54, 1.807) is 18.2 Å². The molecular formula is C21H19ClN4O4S. The summed E-state index contributed by atoms with van der Waals surface area (Å²) in [6.07, 6.45) is 1.99. The molecule has 2 amide bonds. The number of primary amides is 1. The van der Waals surface area contributed by atoms with Crippen molar-refractivity contribution in [1.82, 2.24) is 15.3 Å². The summed E-state index contributed by atoms with van der Waals surface area (Å²) in [5, 5.41) is 13.0. The molecule has 0 bridgehead atoms. The molecule has 1 aliphatic carbocycles. The minimum atomic E-state index is -0.936. The molecule has 3 aromatic rings. The summed E-state index contributed by atoms with van der Waals surface area (Å²) in [7, 11) is 0. The lowest BCUT2D eigenvalue weighted by Crippen LogP contribution is -2.28. The fraction of sp³-hybridized carbons (Fsp3) is 0.238. The van der Waals surface area contributed by atoms with Crippen LogP contribution in [0.3, 0.4) is 0 Å². The number of aryl methyl sites for hydroxylation is 1. The van der Waals surface area contributed by atoms with Gasteiger partial charge in [0.25, 0.3) is 5.91 Å². The molecule has 0 aliphatic heterocycles. The molecule has 31 heavy (non-hydrogen) atoms. The number of nitrogens with two attached hydrogens (primary N) is 1. The lowest BCUT2D eigenvalue weighted by molar-refractivity contribution is 0.0934. The molecule has 0 radical (unpaired) electrons. The number of fused-ring (bicyclic) bond motifs is 3. The van der Waals surface area contributed by atoms with Crippen molar-refractivity contribution in [3.8, 4) is 17.1 Å². The number of thiophene rings is 1. The summed E-state index contributed by atoms with van der Waals surface area (Å²) in [5.74, 6) is -0.0943. The molecule has 2 heterocycles. The third-order valence-corrected chi connectivity index (χ3v) is 6.43. The van der Waals surface area contributed by atoms with Gasteiger partial charge in [0, 0.05) is 27.6 Å². The van der Waals surface area contributed by atoms with Gasteiger partial charge in [0.15, 0.2) is 0 Å². The number of aliphatic hydroxyl groups is 1. The first-order chi connectivity index (χ1) is 15.0. The summed E-state index contributed by atoms with van der Waals surface area (Å²) in [6, 6.07) is 8.59. The number of hydrogen-bond acceptors (Lipinski definition) is 7. The minimum Gasteiger partial charge on any atom is -0.396 e. The topological polar surface area (TPSA) is 127 Å². The standard InChI is InChI=1S/C21H19ClN4O4S/c22-12-3-1-11(2-4-12)15(7-8-27)26-19(28)17-9-14-16(31-17)6-5-13-18(14)24-10-25-20(13)30-21(23)29/h1-4,9-10,15,27H,5-8H2,(H2,23,29)(H,26,28)/t15-/m0/s1. The lowest BCUT2D eigenvalue weighted by atomic mass is 9.95. The molecule has 0 saturated carbocycles. The number of halogens is 1. The Hall–Kier alpha value is -3.01. The normalized spacial score (nSPS) is 13.1. The van der Waals surface area contributed by atoms with Gasteiger partial charge in [0.05, 0.1) is 16.6 Å². The van der Waals surface area contributed by atoms with E-state index in [9.17, 15) is 14.7 Å². The van der Waals surface area contributed by atoms with Crippen LogP contribution in [0, 0.1) is 0 Å². The maximum atomic E-state index is 13.0. The van der Waals surface area contributed by atoms with Crippen molar-refractivity contribution >= 4 is 34.9 Å². The SMILES string of the molecule is NC(=O)Oc1ncnc2c1CCc1sc(C(=O)N[C@@H](CCO)c3ccc(Cl)cc3)cc1-2. The van der Waals surface area contributed by atoms with Crippen molar-refractivity contribution < 1.29 is 19.4 Å². The zero-order valence-electron chi connectivity index (χ0n) is 16.3. The van der Waals surface area contributed by atoms with Crippen molar-refractivity contribution in [3.63, 3.8) is 0 Å². The van der Waals surface area contributed by atoms with Gasteiger partial charge in [-0.3, -0.25) is 4.79 Å². The number of nitrogens with zero attached hydrogens (tertiary/aromatic N) is 2. The maximum absolute atomic E-state index is 13.0. The van der Waals surface area contributed by atoms with E-state index in [1.807, 2.05) is 12.1 Å². The van der Waals surface area contributed by atoms with Crippen LogP contribution in [0.1, 0.15) is 38.1 Å². The van der Waals surface area contributed by atoms with E-state index in [0.717, 1.165) is 16.0 Å². The number of nitrogens with one attached hydrogen (secondary N) is 1. The number of aliphatic hydroxyl groups excluding tert-OH is 1. The van der Waals surface area contributed by atoms with Gasteiger partial charge in [0.1, 0.15) is 6.33 Å². The number of benzene rings is 1. The summed E-state index contributed by atoms with van der Waals surface area (Å²) < 4.78 is 5.00. The number of carbonyl (C=O) groups excluding carboxylic acids is 2. The highest BCUT2D eigenvalue weighted by Gasteiger charge is 2.27. The smallest absolute Gasteiger partial charge is 0.396 e. The third kappa shape index (κ3) is 4.53. The molecule has 4 rings (SSSR count). The van der Waals surface area contributed by atoms with Crippen molar-refractivity contribution in [2.75, 3.05) is 6.61 Å². The Bertz CT molecular complexity index is 1130. The number of rotatable bonds is 6. The van der Waals surface area contributed by atoms with Crippen LogP contribution < -0.4 is 15.8 Å². The number of carbonyl (C=O) groups is 2. The molecule has 0 fully saturated rings.